The molecule has 0 saturated carbocycles. The van der Waals surface area contributed by atoms with Gasteiger partial charge in [0.25, 0.3) is 0 Å². The number of sulfonamides is 1. The van der Waals surface area contributed by atoms with Crippen LogP contribution in [0.5, 0.6) is 5.75 Å². The number of phenols is 1. The number of rotatable bonds is 4. The molecule has 0 radical (unpaired) electrons. The molecule has 0 aliphatic heterocycles. The first-order valence-electron chi connectivity index (χ1n) is 6.12. The van der Waals surface area contributed by atoms with Crippen LogP contribution in [-0.2, 0) is 16.6 Å². The third-order valence-electron chi connectivity index (χ3n) is 3.05. The highest BCUT2D eigenvalue weighted by Crippen LogP contribution is 2.23. The quantitative estimate of drug-likeness (QED) is 0.806. The Labute approximate surface area is 122 Å². The first kappa shape index (κ1) is 15.3. The van der Waals surface area contributed by atoms with Crippen molar-refractivity contribution in [1.82, 2.24) is 0 Å². The van der Waals surface area contributed by atoms with Crippen molar-refractivity contribution in [3.8, 4) is 5.75 Å². The zero-order chi connectivity index (χ0) is 15.6. The van der Waals surface area contributed by atoms with Gasteiger partial charge in [-0.1, -0.05) is 18.2 Å². The minimum atomic E-state index is -3.80. The van der Waals surface area contributed by atoms with Crippen molar-refractivity contribution in [1.29, 1.82) is 0 Å². The first-order chi connectivity index (χ1) is 9.79. The maximum atomic E-state index is 13.2. The number of phenolic OH excluding ortho intramolecular Hbond substituents is 1. The van der Waals surface area contributed by atoms with Crippen LogP contribution >= 0.6 is 0 Å². The number of aryl methyl sites for hydroxylation is 1. The predicted molar refractivity (Wildman–Crippen MR) is 77.9 cm³/mol. The molecule has 5 nitrogen and oxygen atoms in total. The molecule has 2 rings (SSSR count). The summed E-state index contributed by atoms with van der Waals surface area (Å²) in [5.74, 6) is -1.13. The molecule has 0 unspecified atom stereocenters. The van der Waals surface area contributed by atoms with Gasteiger partial charge in [-0.15, -0.1) is 0 Å². The molecule has 4 N–H and O–H groups in total. The molecule has 0 amide bonds. The second kappa shape index (κ2) is 5.71. The molecule has 0 spiro atoms. The van der Waals surface area contributed by atoms with Gasteiger partial charge in [0.2, 0.25) is 10.0 Å². The SMILES string of the molecule is Cc1ccc(NCc2cccc(F)c2O)cc1S(N)(=O)=O. The van der Waals surface area contributed by atoms with Gasteiger partial charge in [0, 0.05) is 17.8 Å². The fourth-order valence-corrected chi connectivity index (χ4v) is 2.72. The number of nitrogens with two attached hydrogens (primary N) is 1. The van der Waals surface area contributed by atoms with Gasteiger partial charge >= 0.3 is 0 Å². The largest absolute Gasteiger partial charge is 0.505 e. The number of para-hydroxylation sites is 1. The van der Waals surface area contributed by atoms with Crippen LogP contribution in [0.3, 0.4) is 0 Å². The second-order valence-electron chi connectivity index (χ2n) is 4.63. The van der Waals surface area contributed by atoms with E-state index in [1.807, 2.05) is 0 Å². The van der Waals surface area contributed by atoms with Crippen LogP contribution in [0.4, 0.5) is 10.1 Å². The van der Waals surface area contributed by atoms with E-state index in [4.69, 9.17) is 5.14 Å². The Hall–Kier alpha value is -2.12. The molecule has 0 fully saturated rings. The molecule has 0 aromatic heterocycles. The molecule has 0 aliphatic carbocycles. The maximum Gasteiger partial charge on any atom is 0.238 e. The molecule has 0 saturated heterocycles. The Bertz CT molecular complexity index is 776. The fourth-order valence-electron chi connectivity index (χ4n) is 1.92. The van der Waals surface area contributed by atoms with Crippen molar-refractivity contribution in [2.45, 2.75) is 18.4 Å². The van der Waals surface area contributed by atoms with Gasteiger partial charge in [-0.2, -0.15) is 0 Å². The van der Waals surface area contributed by atoms with Crippen LogP contribution < -0.4 is 10.5 Å². The predicted octanol–water partition coefficient (Wildman–Crippen LogP) is 2.10. The summed E-state index contributed by atoms with van der Waals surface area (Å²) >= 11 is 0. The van der Waals surface area contributed by atoms with Crippen LogP contribution in [0.2, 0.25) is 0 Å². The molecule has 0 aliphatic rings. The van der Waals surface area contributed by atoms with E-state index in [1.54, 1.807) is 25.1 Å². The number of benzene rings is 2. The Balaban J connectivity index is 2.23. The number of nitrogens with one attached hydrogen (secondary N) is 1. The van der Waals surface area contributed by atoms with E-state index >= 15 is 0 Å². The lowest BCUT2D eigenvalue weighted by atomic mass is 10.1. The number of anilines is 1. The van der Waals surface area contributed by atoms with Crippen LogP contribution in [0, 0.1) is 12.7 Å². The molecule has 7 heteroatoms. The number of aromatic hydroxyl groups is 1. The Morgan fingerprint density at radius 2 is 2.00 bits per heavy atom. The zero-order valence-electron chi connectivity index (χ0n) is 11.3. The van der Waals surface area contributed by atoms with E-state index in [1.165, 1.54) is 12.1 Å². The summed E-state index contributed by atoms with van der Waals surface area (Å²) in [7, 11) is -3.80. The van der Waals surface area contributed by atoms with Crippen molar-refractivity contribution >= 4 is 15.7 Å². The van der Waals surface area contributed by atoms with Gasteiger partial charge < -0.3 is 10.4 Å². The fraction of sp³-hybridized carbons (Fsp3) is 0.143. The Morgan fingerprint density at radius 3 is 2.67 bits per heavy atom. The second-order valence-corrected chi connectivity index (χ2v) is 6.16. The highest BCUT2D eigenvalue weighted by molar-refractivity contribution is 7.89. The van der Waals surface area contributed by atoms with Crippen LogP contribution in [0.1, 0.15) is 11.1 Å². The summed E-state index contributed by atoms with van der Waals surface area (Å²) in [6.45, 7) is 1.79. The number of primary sulfonamides is 1. The standard InChI is InChI=1S/C14H15FN2O3S/c1-9-5-6-11(7-13(9)21(16,19)20)17-8-10-3-2-4-12(15)14(10)18/h2-7,17-18H,8H2,1H3,(H2,16,19,20). The van der Waals surface area contributed by atoms with E-state index in [2.05, 4.69) is 5.32 Å². The number of halogens is 1. The molecule has 112 valence electrons. The molecule has 21 heavy (non-hydrogen) atoms. The van der Waals surface area contributed by atoms with Gasteiger partial charge in [0.1, 0.15) is 0 Å². The lowest BCUT2D eigenvalue weighted by Gasteiger charge is -2.11. The third-order valence-corrected chi connectivity index (χ3v) is 4.10. The van der Waals surface area contributed by atoms with Crippen molar-refractivity contribution in [3.63, 3.8) is 0 Å². The summed E-state index contributed by atoms with van der Waals surface area (Å²) in [4.78, 5) is 0.0240. The highest BCUT2D eigenvalue weighted by Gasteiger charge is 2.12. The van der Waals surface area contributed by atoms with Gasteiger partial charge in [0.05, 0.1) is 4.90 Å². The minimum Gasteiger partial charge on any atom is -0.505 e. The lowest BCUT2D eigenvalue weighted by molar-refractivity contribution is 0.427. The van der Waals surface area contributed by atoms with Crippen LogP contribution in [0.25, 0.3) is 0 Å². The van der Waals surface area contributed by atoms with Crippen molar-refractivity contribution in [3.05, 3.63) is 53.3 Å². The number of hydrogen-bond acceptors (Lipinski definition) is 4. The van der Waals surface area contributed by atoms with E-state index < -0.39 is 21.6 Å². The lowest BCUT2D eigenvalue weighted by Crippen LogP contribution is -2.14. The van der Waals surface area contributed by atoms with Gasteiger partial charge in [-0.05, 0) is 30.7 Å². The average Bonchev–Trinajstić information content (AvgIpc) is 2.40. The summed E-state index contributed by atoms with van der Waals surface area (Å²) < 4.78 is 36.1. The van der Waals surface area contributed by atoms with E-state index in [9.17, 15) is 17.9 Å². The van der Waals surface area contributed by atoms with Crippen molar-refractivity contribution in [2.24, 2.45) is 5.14 Å². The first-order valence-corrected chi connectivity index (χ1v) is 7.67. The summed E-state index contributed by atoms with van der Waals surface area (Å²) in [6, 6.07) is 8.91. The monoisotopic (exact) mass is 310 g/mol. The average molecular weight is 310 g/mol. The molecular formula is C14H15FN2O3S. The summed E-state index contributed by atoms with van der Waals surface area (Å²) in [5.41, 5.74) is 1.41. The Morgan fingerprint density at radius 1 is 1.29 bits per heavy atom. The van der Waals surface area contributed by atoms with Crippen molar-refractivity contribution < 1.29 is 17.9 Å². The van der Waals surface area contributed by atoms with Crippen molar-refractivity contribution in [2.75, 3.05) is 5.32 Å². The van der Waals surface area contributed by atoms with E-state index in [-0.39, 0.29) is 11.4 Å². The molecule has 2 aromatic carbocycles. The maximum absolute atomic E-state index is 13.2. The molecule has 2 aromatic rings. The zero-order valence-corrected chi connectivity index (χ0v) is 12.1. The topological polar surface area (TPSA) is 92.4 Å². The summed E-state index contributed by atoms with van der Waals surface area (Å²) in [6.07, 6.45) is 0. The van der Waals surface area contributed by atoms with Crippen LogP contribution in [0.15, 0.2) is 41.3 Å². The van der Waals surface area contributed by atoms with E-state index in [0.29, 0.717) is 16.8 Å². The van der Waals surface area contributed by atoms with Gasteiger partial charge in [-0.3, -0.25) is 0 Å². The molecular weight excluding hydrogens is 295 g/mol. The Kier molecular flexibility index (Phi) is 4.15. The van der Waals surface area contributed by atoms with Gasteiger partial charge in [0.15, 0.2) is 11.6 Å². The smallest absolute Gasteiger partial charge is 0.238 e. The molecule has 0 atom stereocenters. The summed E-state index contributed by atoms with van der Waals surface area (Å²) in [5, 5.41) is 17.6. The number of hydrogen-bond donors (Lipinski definition) is 3. The van der Waals surface area contributed by atoms with Crippen LogP contribution in [-0.4, -0.2) is 13.5 Å². The molecule has 0 bridgehead atoms. The normalized spacial score (nSPS) is 11.4. The third kappa shape index (κ3) is 3.50. The minimum absolute atomic E-state index is 0.0240. The highest BCUT2D eigenvalue weighted by atomic mass is 32.2. The molecule has 0 heterocycles. The van der Waals surface area contributed by atoms with Gasteiger partial charge in [-0.25, -0.2) is 17.9 Å². The van der Waals surface area contributed by atoms with E-state index in [0.717, 1.165) is 6.07 Å².